The fraction of sp³-hybridized carbons (Fsp3) is 0.400. The Hall–Kier alpha value is -2.14. The van der Waals surface area contributed by atoms with E-state index in [0.29, 0.717) is 12.8 Å². The Labute approximate surface area is 151 Å². The lowest BCUT2D eigenvalue weighted by molar-refractivity contribution is -0.144. The minimum Gasteiger partial charge on any atom is -0.481 e. The summed E-state index contributed by atoms with van der Waals surface area (Å²) in [7, 11) is 0. The third-order valence-corrected chi connectivity index (χ3v) is 5.87. The molecule has 0 saturated heterocycles. The first-order valence-corrected chi connectivity index (χ1v) is 9.62. The highest BCUT2D eigenvalue weighted by molar-refractivity contribution is 7.10. The van der Waals surface area contributed by atoms with Crippen LogP contribution in [0.5, 0.6) is 0 Å². The van der Waals surface area contributed by atoms with Crippen molar-refractivity contribution in [2.45, 2.75) is 38.1 Å². The number of thiophene rings is 1. The van der Waals surface area contributed by atoms with Gasteiger partial charge in [0.2, 0.25) is 5.91 Å². The minimum absolute atomic E-state index is 0.0136. The van der Waals surface area contributed by atoms with Crippen LogP contribution in [0.15, 0.2) is 47.8 Å². The van der Waals surface area contributed by atoms with Crippen LogP contribution in [0.1, 0.15) is 42.2 Å². The molecule has 1 amide bonds. The van der Waals surface area contributed by atoms with Crippen LogP contribution in [0.3, 0.4) is 0 Å². The number of carbonyl (C=O) groups is 2. The third kappa shape index (κ3) is 4.69. The van der Waals surface area contributed by atoms with Gasteiger partial charge in [0.05, 0.1) is 12.0 Å². The summed E-state index contributed by atoms with van der Waals surface area (Å²) in [6.45, 7) is 0. The van der Waals surface area contributed by atoms with Gasteiger partial charge in [-0.1, -0.05) is 42.8 Å². The predicted molar refractivity (Wildman–Crippen MR) is 98.4 cm³/mol. The highest BCUT2D eigenvalue weighted by atomic mass is 32.1. The van der Waals surface area contributed by atoms with Gasteiger partial charge in [-0.25, -0.2) is 0 Å². The van der Waals surface area contributed by atoms with E-state index in [0.717, 1.165) is 24.1 Å². The molecular formula is C20H23NO3S. The van der Waals surface area contributed by atoms with Gasteiger partial charge >= 0.3 is 5.97 Å². The van der Waals surface area contributed by atoms with Gasteiger partial charge in [-0.05, 0) is 42.7 Å². The molecule has 1 aromatic heterocycles. The third-order valence-electron chi connectivity index (χ3n) is 4.88. The Bertz CT molecular complexity index is 699. The zero-order valence-corrected chi connectivity index (χ0v) is 14.9. The van der Waals surface area contributed by atoms with Crippen molar-refractivity contribution >= 4 is 23.2 Å². The van der Waals surface area contributed by atoms with Crippen LogP contribution in [-0.2, 0) is 16.0 Å². The quantitative estimate of drug-likeness (QED) is 0.820. The maximum absolute atomic E-state index is 12.8. The summed E-state index contributed by atoms with van der Waals surface area (Å²) in [6.07, 6.45) is 3.44. The van der Waals surface area contributed by atoms with Crippen LogP contribution in [0.2, 0.25) is 0 Å². The summed E-state index contributed by atoms with van der Waals surface area (Å²) in [5.41, 5.74) is 1.17. The average Bonchev–Trinajstić information content (AvgIpc) is 3.17. The lowest BCUT2D eigenvalue weighted by atomic mass is 9.81. The van der Waals surface area contributed by atoms with E-state index >= 15 is 0 Å². The molecule has 0 radical (unpaired) electrons. The van der Waals surface area contributed by atoms with E-state index in [-0.39, 0.29) is 23.8 Å². The molecule has 1 aliphatic carbocycles. The molecule has 1 aromatic carbocycles. The van der Waals surface area contributed by atoms with Crippen molar-refractivity contribution in [3.63, 3.8) is 0 Å². The van der Waals surface area contributed by atoms with Gasteiger partial charge in [-0.2, -0.15) is 0 Å². The van der Waals surface area contributed by atoms with Crippen molar-refractivity contribution in [1.82, 2.24) is 5.32 Å². The van der Waals surface area contributed by atoms with Crippen molar-refractivity contribution in [2.24, 2.45) is 11.8 Å². The van der Waals surface area contributed by atoms with Gasteiger partial charge in [-0.15, -0.1) is 11.3 Å². The van der Waals surface area contributed by atoms with E-state index in [1.54, 1.807) is 11.3 Å². The molecule has 0 spiro atoms. The number of carboxylic acid groups (broad SMARTS) is 1. The fourth-order valence-corrected chi connectivity index (χ4v) is 4.28. The lowest BCUT2D eigenvalue weighted by Gasteiger charge is -2.27. The molecule has 1 fully saturated rings. The van der Waals surface area contributed by atoms with Gasteiger partial charge < -0.3 is 10.4 Å². The molecule has 2 aromatic rings. The van der Waals surface area contributed by atoms with E-state index < -0.39 is 5.97 Å². The maximum Gasteiger partial charge on any atom is 0.306 e. The molecule has 2 N–H and O–H groups in total. The highest BCUT2D eigenvalue weighted by Gasteiger charge is 2.32. The molecule has 3 unspecified atom stereocenters. The van der Waals surface area contributed by atoms with E-state index in [2.05, 4.69) is 17.4 Å². The maximum atomic E-state index is 12.8. The van der Waals surface area contributed by atoms with Gasteiger partial charge in [-0.3, -0.25) is 9.59 Å². The van der Waals surface area contributed by atoms with Crippen LogP contribution in [0, 0.1) is 11.8 Å². The smallest absolute Gasteiger partial charge is 0.306 e. The van der Waals surface area contributed by atoms with E-state index in [9.17, 15) is 14.7 Å². The van der Waals surface area contributed by atoms with Crippen LogP contribution < -0.4 is 5.32 Å². The van der Waals surface area contributed by atoms with Crippen LogP contribution in [0.4, 0.5) is 0 Å². The second-order valence-corrected chi connectivity index (χ2v) is 7.64. The van der Waals surface area contributed by atoms with Crippen molar-refractivity contribution < 1.29 is 14.7 Å². The van der Waals surface area contributed by atoms with Gasteiger partial charge in [0.1, 0.15) is 0 Å². The fourth-order valence-electron chi connectivity index (χ4n) is 3.50. The number of benzene rings is 1. The second-order valence-electron chi connectivity index (χ2n) is 6.67. The molecule has 1 aliphatic rings. The minimum atomic E-state index is -0.781. The first kappa shape index (κ1) is 17.7. The van der Waals surface area contributed by atoms with E-state index in [1.807, 2.05) is 35.7 Å². The summed E-state index contributed by atoms with van der Waals surface area (Å²) in [5, 5.41) is 14.4. The Morgan fingerprint density at radius 2 is 1.88 bits per heavy atom. The predicted octanol–water partition coefficient (Wildman–Crippen LogP) is 4.04. The first-order valence-electron chi connectivity index (χ1n) is 8.74. The Morgan fingerprint density at radius 3 is 2.56 bits per heavy atom. The number of carbonyl (C=O) groups excluding carboxylic acids is 1. The molecule has 1 heterocycles. The number of nitrogens with one attached hydrogen (secondary N) is 1. The lowest BCUT2D eigenvalue weighted by Crippen LogP contribution is -2.38. The summed E-state index contributed by atoms with van der Waals surface area (Å²) < 4.78 is 0. The first-order chi connectivity index (χ1) is 12.1. The highest BCUT2D eigenvalue weighted by Crippen LogP contribution is 2.31. The zero-order valence-electron chi connectivity index (χ0n) is 14.1. The molecule has 4 nitrogen and oxygen atoms in total. The number of aliphatic carboxylic acids is 1. The molecule has 1 saturated carbocycles. The largest absolute Gasteiger partial charge is 0.481 e. The molecule has 5 heteroatoms. The monoisotopic (exact) mass is 357 g/mol. The van der Waals surface area contributed by atoms with Gasteiger partial charge in [0, 0.05) is 10.8 Å². The molecular weight excluding hydrogens is 334 g/mol. The molecule has 25 heavy (non-hydrogen) atoms. The van der Waals surface area contributed by atoms with Crippen molar-refractivity contribution in [1.29, 1.82) is 0 Å². The van der Waals surface area contributed by atoms with Gasteiger partial charge in [0.25, 0.3) is 0 Å². The standard InChI is InChI=1S/C20H23NO3S/c22-19(15-8-4-9-16(13-15)20(23)24)21-17(18-10-5-11-25-18)12-14-6-2-1-3-7-14/h1-3,5-7,10-11,15-17H,4,8-9,12-13H2,(H,21,22)(H,23,24). The van der Waals surface area contributed by atoms with E-state index in [4.69, 9.17) is 0 Å². The summed E-state index contributed by atoms with van der Waals surface area (Å²) in [6, 6.07) is 14.1. The van der Waals surface area contributed by atoms with Crippen molar-refractivity contribution in [3.05, 3.63) is 58.3 Å². The van der Waals surface area contributed by atoms with Gasteiger partial charge in [0.15, 0.2) is 0 Å². The number of hydrogen-bond donors (Lipinski definition) is 2. The van der Waals surface area contributed by atoms with Crippen molar-refractivity contribution in [3.8, 4) is 0 Å². The average molecular weight is 357 g/mol. The molecule has 3 rings (SSSR count). The molecule has 0 bridgehead atoms. The number of rotatable bonds is 6. The summed E-state index contributed by atoms with van der Waals surface area (Å²) >= 11 is 1.64. The Morgan fingerprint density at radius 1 is 1.12 bits per heavy atom. The second kappa shape index (κ2) is 8.30. The van der Waals surface area contributed by atoms with E-state index in [1.165, 1.54) is 5.56 Å². The van der Waals surface area contributed by atoms with Crippen LogP contribution in [-0.4, -0.2) is 17.0 Å². The normalized spacial score (nSPS) is 21.4. The SMILES string of the molecule is O=C(O)C1CCCC(C(=O)NC(Cc2ccccc2)c2cccs2)C1. The summed E-state index contributed by atoms with van der Waals surface area (Å²) in [5.74, 6) is -1.39. The number of carboxylic acids is 1. The van der Waals surface area contributed by atoms with Crippen molar-refractivity contribution in [2.75, 3.05) is 0 Å². The number of amides is 1. The molecule has 132 valence electrons. The Kier molecular flexibility index (Phi) is 5.87. The number of hydrogen-bond acceptors (Lipinski definition) is 3. The topological polar surface area (TPSA) is 66.4 Å². The van der Waals surface area contributed by atoms with Crippen LogP contribution in [0.25, 0.3) is 0 Å². The molecule has 3 atom stereocenters. The zero-order chi connectivity index (χ0) is 17.6. The Balaban J connectivity index is 1.69. The summed E-state index contributed by atoms with van der Waals surface area (Å²) in [4.78, 5) is 25.1. The van der Waals surface area contributed by atoms with Crippen LogP contribution >= 0.6 is 11.3 Å². The molecule has 0 aliphatic heterocycles.